The number of hydrogen-bond donors (Lipinski definition) is 1. The number of anilines is 1. The molecule has 0 saturated carbocycles. The van der Waals surface area contributed by atoms with Crippen molar-refractivity contribution in [2.45, 2.75) is 26.2 Å². The van der Waals surface area contributed by atoms with E-state index in [0.29, 0.717) is 28.0 Å². The van der Waals surface area contributed by atoms with Crippen LogP contribution in [0.3, 0.4) is 0 Å². The maximum absolute atomic E-state index is 6.19. The average Bonchev–Trinajstić information content (AvgIpc) is 2.96. The van der Waals surface area contributed by atoms with Crippen LogP contribution in [0.4, 0.5) is 5.69 Å². The summed E-state index contributed by atoms with van der Waals surface area (Å²) >= 11 is 6.19. The first-order valence-corrected chi connectivity index (χ1v) is 7.72. The van der Waals surface area contributed by atoms with Gasteiger partial charge in [0.15, 0.2) is 0 Å². The maximum Gasteiger partial charge on any atom is 0.258 e. The van der Waals surface area contributed by atoms with Crippen molar-refractivity contribution in [2.24, 2.45) is 0 Å². The number of halogens is 1. The standard InChI is InChI=1S/C18H18ClN3O/c1-18(2,3)12-6-4-11(5-7-12)17-21-16(22-23-17)14-9-8-13(20)10-15(14)19/h4-10H,20H2,1-3H3. The lowest BCUT2D eigenvalue weighted by Gasteiger charge is -2.18. The molecular formula is C18H18ClN3O. The van der Waals surface area contributed by atoms with Crippen LogP contribution >= 0.6 is 11.6 Å². The summed E-state index contributed by atoms with van der Waals surface area (Å²) in [6.45, 7) is 6.53. The minimum absolute atomic E-state index is 0.107. The van der Waals surface area contributed by atoms with Gasteiger partial charge in [-0.1, -0.05) is 49.7 Å². The molecule has 118 valence electrons. The molecule has 3 aromatic rings. The van der Waals surface area contributed by atoms with Crippen LogP contribution in [0.25, 0.3) is 22.8 Å². The highest BCUT2D eigenvalue weighted by Crippen LogP contribution is 2.30. The molecule has 2 N–H and O–H groups in total. The Bertz CT molecular complexity index is 832. The van der Waals surface area contributed by atoms with E-state index in [1.807, 2.05) is 12.1 Å². The predicted molar refractivity (Wildman–Crippen MR) is 93.3 cm³/mol. The van der Waals surface area contributed by atoms with Crippen molar-refractivity contribution >= 4 is 17.3 Å². The summed E-state index contributed by atoms with van der Waals surface area (Å²) in [5.74, 6) is 0.915. The molecule has 0 fully saturated rings. The fourth-order valence-corrected chi connectivity index (χ4v) is 2.55. The average molecular weight is 328 g/mol. The Kier molecular flexibility index (Phi) is 3.86. The largest absolute Gasteiger partial charge is 0.399 e. The van der Waals surface area contributed by atoms with Crippen molar-refractivity contribution in [2.75, 3.05) is 5.73 Å². The number of nitrogen functional groups attached to an aromatic ring is 1. The third-order valence-electron chi connectivity index (χ3n) is 3.66. The molecule has 0 radical (unpaired) electrons. The Balaban J connectivity index is 1.93. The van der Waals surface area contributed by atoms with Crippen molar-refractivity contribution in [3.63, 3.8) is 0 Å². The Morgan fingerprint density at radius 3 is 2.35 bits per heavy atom. The van der Waals surface area contributed by atoms with Gasteiger partial charge in [-0.25, -0.2) is 0 Å². The maximum atomic E-state index is 6.19. The molecule has 0 aliphatic carbocycles. The van der Waals surface area contributed by atoms with Gasteiger partial charge in [0.2, 0.25) is 5.82 Å². The van der Waals surface area contributed by atoms with Crippen molar-refractivity contribution in [1.29, 1.82) is 0 Å². The van der Waals surface area contributed by atoms with Crippen LogP contribution in [-0.2, 0) is 5.41 Å². The Labute approximate surface area is 140 Å². The van der Waals surface area contributed by atoms with Gasteiger partial charge in [-0.15, -0.1) is 0 Å². The first-order valence-electron chi connectivity index (χ1n) is 7.34. The normalized spacial score (nSPS) is 11.7. The minimum atomic E-state index is 0.107. The predicted octanol–water partition coefficient (Wildman–Crippen LogP) is 4.94. The quantitative estimate of drug-likeness (QED) is 0.677. The van der Waals surface area contributed by atoms with Crippen molar-refractivity contribution in [3.8, 4) is 22.8 Å². The van der Waals surface area contributed by atoms with Gasteiger partial charge in [-0.05, 0) is 41.3 Å². The highest BCUT2D eigenvalue weighted by Gasteiger charge is 2.16. The molecule has 3 rings (SSSR count). The van der Waals surface area contributed by atoms with Gasteiger partial charge in [-0.2, -0.15) is 4.98 Å². The smallest absolute Gasteiger partial charge is 0.258 e. The van der Waals surface area contributed by atoms with E-state index in [2.05, 4.69) is 43.0 Å². The van der Waals surface area contributed by atoms with Crippen molar-refractivity contribution < 1.29 is 4.52 Å². The monoisotopic (exact) mass is 327 g/mol. The molecule has 1 aromatic heterocycles. The second-order valence-electron chi connectivity index (χ2n) is 6.49. The Morgan fingerprint density at radius 1 is 1.04 bits per heavy atom. The second-order valence-corrected chi connectivity index (χ2v) is 6.90. The summed E-state index contributed by atoms with van der Waals surface area (Å²) in [4.78, 5) is 4.43. The molecule has 23 heavy (non-hydrogen) atoms. The number of nitrogens with two attached hydrogens (primary N) is 1. The van der Waals surface area contributed by atoms with Gasteiger partial charge >= 0.3 is 0 Å². The summed E-state index contributed by atoms with van der Waals surface area (Å²) in [5, 5.41) is 4.51. The van der Waals surface area contributed by atoms with E-state index in [0.717, 1.165) is 5.56 Å². The topological polar surface area (TPSA) is 64.9 Å². The van der Waals surface area contributed by atoms with Gasteiger partial charge in [-0.3, -0.25) is 0 Å². The lowest BCUT2D eigenvalue weighted by Crippen LogP contribution is -2.10. The lowest BCUT2D eigenvalue weighted by atomic mass is 9.87. The fraction of sp³-hybridized carbons (Fsp3) is 0.222. The summed E-state index contributed by atoms with van der Waals surface area (Å²) in [5.41, 5.74) is 9.23. The molecular weight excluding hydrogens is 310 g/mol. The summed E-state index contributed by atoms with van der Waals surface area (Å²) < 4.78 is 5.36. The van der Waals surface area contributed by atoms with Crippen LogP contribution in [-0.4, -0.2) is 10.1 Å². The third-order valence-corrected chi connectivity index (χ3v) is 3.97. The van der Waals surface area contributed by atoms with Crippen LogP contribution in [0.5, 0.6) is 0 Å². The minimum Gasteiger partial charge on any atom is -0.399 e. The highest BCUT2D eigenvalue weighted by atomic mass is 35.5. The SMILES string of the molecule is CC(C)(C)c1ccc(-c2nc(-c3ccc(N)cc3Cl)no2)cc1. The third kappa shape index (κ3) is 3.22. The molecule has 0 spiro atoms. The molecule has 0 aliphatic rings. The molecule has 5 heteroatoms. The molecule has 1 heterocycles. The van der Waals surface area contributed by atoms with E-state index in [-0.39, 0.29) is 5.41 Å². The van der Waals surface area contributed by atoms with Crippen LogP contribution in [0.15, 0.2) is 47.0 Å². The number of aromatic nitrogens is 2. The molecule has 4 nitrogen and oxygen atoms in total. The van der Waals surface area contributed by atoms with E-state index in [1.54, 1.807) is 18.2 Å². The molecule has 0 aliphatic heterocycles. The fourth-order valence-electron chi connectivity index (χ4n) is 2.28. The van der Waals surface area contributed by atoms with Gasteiger partial charge < -0.3 is 10.3 Å². The zero-order valence-corrected chi connectivity index (χ0v) is 14.1. The number of rotatable bonds is 2. The van der Waals surface area contributed by atoms with Gasteiger partial charge in [0.25, 0.3) is 5.89 Å². The first kappa shape index (κ1) is 15.6. The van der Waals surface area contributed by atoms with Crippen LogP contribution in [0.1, 0.15) is 26.3 Å². The molecule has 0 unspecified atom stereocenters. The van der Waals surface area contributed by atoms with Crippen LogP contribution in [0.2, 0.25) is 5.02 Å². The van der Waals surface area contributed by atoms with E-state index >= 15 is 0 Å². The number of nitrogens with zero attached hydrogens (tertiary/aromatic N) is 2. The van der Waals surface area contributed by atoms with E-state index in [4.69, 9.17) is 21.9 Å². The zero-order valence-electron chi connectivity index (χ0n) is 13.3. The highest BCUT2D eigenvalue weighted by molar-refractivity contribution is 6.33. The van der Waals surface area contributed by atoms with Crippen molar-refractivity contribution in [1.82, 2.24) is 10.1 Å². The molecule has 0 saturated heterocycles. The summed E-state index contributed by atoms with van der Waals surface area (Å²) in [7, 11) is 0. The lowest BCUT2D eigenvalue weighted by molar-refractivity contribution is 0.432. The summed E-state index contributed by atoms with van der Waals surface area (Å²) in [6, 6.07) is 13.4. The second kappa shape index (κ2) is 5.70. The van der Waals surface area contributed by atoms with E-state index < -0.39 is 0 Å². The van der Waals surface area contributed by atoms with Crippen LogP contribution in [0, 0.1) is 0 Å². The van der Waals surface area contributed by atoms with Gasteiger partial charge in [0, 0.05) is 16.8 Å². The number of hydrogen-bond acceptors (Lipinski definition) is 4. The Hall–Kier alpha value is -2.33. The Morgan fingerprint density at radius 2 is 1.74 bits per heavy atom. The van der Waals surface area contributed by atoms with Gasteiger partial charge in [0.05, 0.1) is 5.02 Å². The molecule has 0 bridgehead atoms. The van der Waals surface area contributed by atoms with E-state index in [1.165, 1.54) is 5.56 Å². The van der Waals surface area contributed by atoms with Gasteiger partial charge in [0.1, 0.15) is 0 Å². The van der Waals surface area contributed by atoms with Crippen LogP contribution < -0.4 is 5.73 Å². The van der Waals surface area contributed by atoms with E-state index in [9.17, 15) is 0 Å². The molecule has 0 atom stereocenters. The zero-order chi connectivity index (χ0) is 16.6. The summed E-state index contributed by atoms with van der Waals surface area (Å²) in [6.07, 6.45) is 0. The molecule has 2 aromatic carbocycles. The molecule has 0 amide bonds. The number of benzene rings is 2. The van der Waals surface area contributed by atoms with Crippen molar-refractivity contribution in [3.05, 3.63) is 53.1 Å². The first-order chi connectivity index (χ1) is 10.8.